The minimum atomic E-state index is -0.479. The lowest BCUT2D eigenvalue weighted by molar-refractivity contribution is 0.0999. The van der Waals surface area contributed by atoms with Crippen LogP contribution in [0.3, 0.4) is 0 Å². The van der Waals surface area contributed by atoms with Gasteiger partial charge in [0.15, 0.2) is 0 Å². The molecule has 1 amide bonds. The summed E-state index contributed by atoms with van der Waals surface area (Å²) in [6.45, 7) is 3.63. The first-order chi connectivity index (χ1) is 10.0. The minimum Gasteiger partial charge on any atom is -0.367 e. The average molecular weight is 281 g/mol. The van der Waals surface area contributed by atoms with E-state index in [9.17, 15) is 4.79 Å². The Morgan fingerprint density at radius 2 is 1.86 bits per heavy atom. The van der Waals surface area contributed by atoms with Crippen molar-refractivity contribution in [3.63, 3.8) is 0 Å². The van der Waals surface area contributed by atoms with Gasteiger partial charge in [-0.25, -0.2) is 9.50 Å². The van der Waals surface area contributed by atoms with Gasteiger partial charge in [-0.15, -0.1) is 5.10 Å². The van der Waals surface area contributed by atoms with E-state index in [0.29, 0.717) is 17.0 Å². The number of nitrogen functional groups attached to an aromatic ring is 1. The van der Waals surface area contributed by atoms with Gasteiger partial charge in [0.1, 0.15) is 5.69 Å². The Morgan fingerprint density at radius 1 is 1.19 bits per heavy atom. The molecule has 0 spiro atoms. The molecule has 2 heterocycles. The summed E-state index contributed by atoms with van der Waals surface area (Å²) in [5.41, 5.74) is 15.5. The minimum absolute atomic E-state index is 0.149. The Hall–Kier alpha value is -2.89. The fourth-order valence-corrected chi connectivity index (χ4v) is 2.68. The molecule has 0 unspecified atom stereocenters. The van der Waals surface area contributed by atoms with Crippen molar-refractivity contribution in [1.29, 1.82) is 0 Å². The van der Waals surface area contributed by atoms with Gasteiger partial charge in [0, 0.05) is 5.56 Å². The van der Waals surface area contributed by atoms with Crippen LogP contribution in [0, 0.1) is 13.8 Å². The van der Waals surface area contributed by atoms with Crippen LogP contribution in [0.1, 0.15) is 21.6 Å². The van der Waals surface area contributed by atoms with Gasteiger partial charge in [-0.1, -0.05) is 30.3 Å². The molecule has 2 aromatic heterocycles. The summed E-state index contributed by atoms with van der Waals surface area (Å²) in [7, 11) is 0. The maximum atomic E-state index is 11.7. The first kappa shape index (κ1) is 13.1. The fraction of sp³-hybridized carbons (Fsp3) is 0.133. The molecular weight excluding hydrogens is 266 g/mol. The lowest BCUT2D eigenvalue weighted by atomic mass is 10.1. The molecule has 0 aliphatic carbocycles. The molecule has 0 atom stereocenters. The third-order valence-electron chi connectivity index (χ3n) is 3.57. The molecule has 0 saturated heterocycles. The summed E-state index contributed by atoms with van der Waals surface area (Å²) in [5.74, 6) is -0.330. The summed E-state index contributed by atoms with van der Waals surface area (Å²) in [6, 6.07) is 9.64. The second-order valence-corrected chi connectivity index (χ2v) is 4.89. The van der Waals surface area contributed by atoms with E-state index in [1.807, 2.05) is 37.3 Å². The number of benzene rings is 1. The second-order valence-electron chi connectivity index (χ2n) is 4.89. The number of carbonyl (C=O) groups is 1. The monoisotopic (exact) mass is 281 g/mol. The van der Waals surface area contributed by atoms with E-state index in [-0.39, 0.29) is 5.95 Å². The summed E-state index contributed by atoms with van der Waals surface area (Å²) in [5, 5.41) is 4.20. The van der Waals surface area contributed by atoms with Crippen molar-refractivity contribution >= 4 is 17.4 Å². The highest BCUT2D eigenvalue weighted by molar-refractivity contribution is 5.99. The van der Waals surface area contributed by atoms with Gasteiger partial charge < -0.3 is 11.5 Å². The van der Waals surface area contributed by atoms with E-state index in [0.717, 1.165) is 16.6 Å². The van der Waals surface area contributed by atoms with Crippen molar-refractivity contribution in [2.75, 3.05) is 5.73 Å². The van der Waals surface area contributed by atoms with E-state index < -0.39 is 5.91 Å². The van der Waals surface area contributed by atoms with Crippen LogP contribution < -0.4 is 11.5 Å². The molecule has 0 bridgehead atoms. The Bertz CT molecular complexity index is 852. The zero-order valence-electron chi connectivity index (χ0n) is 11.8. The number of primary amides is 1. The van der Waals surface area contributed by atoms with Crippen molar-refractivity contribution in [1.82, 2.24) is 14.6 Å². The molecule has 1 aromatic carbocycles. The van der Waals surface area contributed by atoms with Gasteiger partial charge in [-0.05, 0) is 19.4 Å². The maximum Gasteiger partial charge on any atom is 0.250 e. The van der Waals surface area contributed by atoms with Gasteiger partial charge >= 0.3 is 0 Å². The number of nitrogens with zero attached hydrogens (tertiary/aromatic N) is 3. The molecule has 0 radical (unpaired) electrons. The van der Waals surface area contributed by atoms with E-state index in [4.69, 9.17) is 11.5 Å². The van der Waals surface area contributed by atoms with E-state index >= 15 is 0 Å². The predicted molar refractivity (Wildman–Crippen MR) is 80.8 cm³/mol. The Labute approximate surface area is 121 Å². The molecule has 3 aromatic rings. The second kappa shape index (κ2) is 4.59. The normalized spacial score (nSPS) is 11.0. The van der Waals surface area contributed by atoms with Crippen LogP contribution in [0.4, 0.5) is 5.95 Å². The molecule has 21 heavy (non-hydrogen) atoms. The highest BCUT2D eigenvalue weighted by atomic mass is 16.1. The van der Waals surface area contributed by atoms with E-state index in [1.54, 1.807) is 11.4 Å². The molecule has 6 nitrogen and oxygen atoms in total. The van der Waals surface area contributed by atoms with Crippen LogP contribution in [-0.4, -0.2) is 20.5 Å². The predicted octanol–water partition coefficient (Wildman–Crippen LogP) is 1.69. The fourth-order valence-electron chi connectivity index (χ4n) is 2.68. The molecule has 0 fully saturated rings. The van der Waals surface area contributed by atoms with E-state index in [1.165, 1.54) is 0 Å². The van der Waals surface area contributed by atoms with Crippen LogP contribution in [0.5, 0.6) is 0 Å². The number of hydrogen-bond donors (Lipinski definition) is 2. The van der Waals surface area contributed by atoms with Gasteiger partial charge in [-0.2, -0.15) is 0 Å². The largest absolute Gasteiger partial charge is 0.367 e. The van der Waals surface area contributed by atoms with Crippen molar-refractivity contribution in [2.24, 2.45) is 5.73 Å². The van der Waals surface area contributed by atoms with Crippen molar-refractivity contribution in [3.8, 4) is 11.3 Å². The van der Waals surface area contributed by atoms with Crippen LogP contribution in [0.25, 0.3) is 16.8 Å². The summed E-state index contributed by atoms with van der Waals surface area (Å²) >= 11 is 0. The Morgan fingerprint density at radius 3 is 2.48 bits per heavy atom. The Balaban J connectivity index is 2.46. The first-order valence-corrected chi connectivity index (χ1v) is 6.51. The molecular formula is C15H15N5O. The third kappa shape index (κ3) is 1.92. The number of carbonyl (C=O) groups excluding carboxylic acids is 1. The SMILES string of the molecule is Cc1c(C(N)=O)c(C)n2nc(N)nc(-c3ccccc3)c12. The van der Waals surface area contributed by atoms with Crippen molar-refractivity contribution < 1.29 is 4.79 Å². The topological polar surface area (TPSA) is 99.3 Å². The highest BCUT2D eigenvalue weighted by Crippen LogP contribution is 2.30. The van der Waals surface area contributed by atoms with Gasteiger partial charge in [0.05, 0.1) is 16.8 Å². The lowest BCUT2D eigenvalue weighted by Gasteiger charge is -2.06. The molecule has 4 N–H and O–H groups in total. The standard InChI is InChI=1S/C15H15N5O/c1-8-11(14(16)21)9(2)20-13(8)12(18-15(17)19-20)10-6-4-3-5-7-10/h3-7H,1-2H3,(H2,16,21)(H2,17,19). The summed E-state index contributed by atoms with van der Waals surface area (Å²) in [4.78, 5) is 16.0. The molecule has 6 heteroatoms. The van der Waals surface area contributed by atoms with Crippen LogP contribution in [0.15, 0.2) is 30.3 Å². The zero-order valence-corrected chi connectivity index (χ0v) is 11.8. The molecule has 0 aliphatic heterocycles. The molecule has 3 rings (SSSR count). The van der Waals surface area contributed by atoms with Crippen LogP contribution >= 0.6 is 0 Å². The number of nitrogens with two attached hydrogens (primary N) is 2. The van der Waals surface area contributed by atoms with Gasteiger partial charge in [0.2, 0.25) is 5.95 Å². The summed E-state index contributed by atoms with van der Waals surface area (Å²) in [6.07, 6.45) is 0. The first-order valence-electron chi connectivity index (χ1n) is 6.51. The maximum absolute atomic E-state index is 11.7. The molecule has 0 aliphatic rings. The van der Waals surface area contributed by atoms with Crippen LogP contribution in [0.2, 0.25) is 0 Å². The average Bonchev–Trinajstić information content (AvgIpc) is 2.71. The number of rotatable bonds is 2. The lowest BCUT2D eigenvalue weighted by Crippen LogP contribution is -2.13. The Kier molecular flexibility index (Phi) is 2.86. The van der Waals surface area contributed by atoms with Crippen molar-refractivity contribution in [2.45, 2.75) is 13.8 Å². The quantitative estimate of drug-likeness (QED) is 0.746. The number of hydrogen-bond acceptors (Lipinski definition) is 4. The van der Waals surface area contributed by atoms with E-state index in [2.05, 4.69) is 10.1 Å². The number of amides is 1. The molecule has 106 valence electrons. The van der Waals surface area contributed by atoms with Gasteiger partial charge in [-0.3, -0.25) is 4.79 Å². The molecule has 0 saturated carbocycles. The van der Waals surface area contributed by atoms with Gasteiger partial charge in [0.25, 0.3) is 5.91 Å². The van der Waals surface area contributed by atoms with Crippen molar-refractivity contribution in [3.05, 3.63) is 47.2 Å². The number of aryl methyl sites for hydroxylation is 2. The van der Waals surface area contributed by atoms with Crippen LogP contribution in [-0.2, 0) is 0 Å². The number of anilines is 1. The summed E-state index contributed by atoms with van der Waals surface area (Å²) < 4.78 is 1.64. The highest BCUT2D eigenvalue weighted by Gasteiger charge is 2.21. The number of fused-ring (bicyclic) bond motifs is 1. The number of aromatic nitrogens is 3. The third-order valence-corrected chi connectivity index (χ3v) is 3.57. The zero-order chi connectivity index (χ0) is 15.1. The smallest absolute Gasteiger partial charge is 0.250 e.